The number of benzene rings is 1. The fourth-order valence-electron chi connectivity index (χ4n) is 1.56. The lowest BCUT2D eigenvalue weighted by molar-refractivity contribution is 0.505. The Morgan fingerprint density at radius 1 is 1.28 bits per heavy atom. The van der Waals surface area contributed by atoms with Crippen LogP contribution < -0.4 is 5.32 Å². The molecule has 0 fully saturated rings. The molecule has 1 aromatic rings. The molecule has 0 saturated carbocycles. The summed E-state index contributed by atoms with van der Waals surface area (Å²) in [5.74, 6) is -1.36. The van der Waals surface area contributed by atoms with E-state index in [1.165, 1.54) is 6.07 Å². The van der Waals surface area contributed by atoms with Gasteiger partial charge in [-0.2, -0.15) is 0 Å². The van der Waals surface area contributed by atoms with E-state index in [1.54, 1.807) is 0 Å². The Morgan fingerprint density at radius 2 is 2.00 bits per heavy atom. The monoisotopic (exact) mass is 275 g/mol. The van der Waals surface area contributed by atoms with Crippen LogP contribution in [0.4, 0.5) is 8.78 Å². The molecule has 102 valence electrons. The Balaban J connectivity index is 2.39. The van der Waals surface area contributed by atoms with Gasteiger partial charge in [-0.1, -0.05) is 6.42 Å². The molecule has 5 heteroatoms. The van der Waals surface area contributed by atoms with Gasteiger partial charge >= 0.3 is 0 Å². The zero-order valence-electron chi connectivity index (χ0n) is 10.7. The Bertz CT molecular complexity index is 412. The quantitative estimate of drug-likeness (QED) is 0.775. The van der Waals surface area contributed by atoms with Crippen LogP contribution in [0.2, 0.25) is 0 Å². The number of unbranched alkanes of at least 4 members (excludes halogenated alkanes) is 1. The maximum Gasteiger partial charge on any atom is 0.160 e. The molecule has 0 bridgehead atoms. The van der Waals surface area contributed by atoms with E-state index >= 15 is 0 Å². The molecule has 0 amide bonds. The molecule has 1 rings (SSSR count). The summed E-state index contributed by atoms with van der Waals surface area (Å²) in [6.45, 7) is 2.09. The zero-order chi connectivity index (χ0) is 13.5. The first-order chi connectivity index (χ1) is 8.54. The molecule has 0 heterocycles. The van der Waals surface area contributed by atoms with Crippen LogP contribution in [-0.2, 0) is 10.8 Å². The molecule has 2 atom stereocenters. The van der Waals surface area contributed by atoms with Crippen molar-refractivity contribution >= 4 is 10.8 Å². The topological polar surface area (TPSA) is 29.1 Å². The lowest BCUT2D eigenvalue weighted by Crippen LogP contribution is -2.20. The standard InChI is InChI=1S/C13H19F2NOS/c1-10(16-2)5-3-4-8-18(17)11-6-7-12(14)13(15)9-11/h6-7,9-10,16H,3-5,8H2,1-2H3. The highest BCUT2D eigenvalue weighted by Gasteiger charge is 2.08. The lowest BCUT2D eigenvalue weighted by Gasteiger charge is -2.09. The second-order valence-electron chi connectivity index (χ2n) is 4.31. The van der Waals surface area contributed by atoms with Crippen molar-refractivity contribution in [2.75, 3.05) is 12.8 Å². The fourth-order valence-corrected chi connectivity index (χ4v) is 2.72. The van der Waals surface area contributed by atoms with Gasteiger partial charge < -0.3 is 5.32 Å². The average Bonchev–Trinajstić information content (AvgIpc) is 2.37. The van der Waals surface area contributed by atoms with E-state index in [9.17, 15) is 13.0 Å². The summed E-state index contributed by atoms with van der Waals surface area (Å²) in [7, 11) is 0.661. The molecule has 2 unspecified atom stereocenters. The smallest absolute Gasteiger partial charge is 0.160 e. The second kappa shape index (κ2) is 7.59. The van der Waals surface area contributed by atoms with Gasteiger partial charge in [0.25, 0.3) is 0 Å². The number of hydrogen-bond donors (Lipinski definition) is 1. The molecule has 0 aromatic heterocycles. The summed E-state index contributed by atoms with van der Waals surface area (Å²) in [5, 5.41) is 3.13. The average molecular weight is 275 g/mol. The molecule has 18 heavy (non-hydrogen) atoms. The van der Waals surface area contributed by atoms with E-state index < -0.39 is 22.4 Å². The number of halogens is 2. The minimum atomic E-state index is -1.25. The van der Waals surface area contributed by atoms with Crippen LogP contribution >= 0.6 is 0 Å². The van der Waals surface area contributed by atoms with Gasteiger partial charge in [-0.25, -0.2) is 8.78 Å². The first-order valence-electron chi connectivity index (χ1n) is 6.05. The van der Waals surface area contributed by atoms with Crippen molar-refractivity contribution in [2.45, 2.75) is 37.1 Å². The van der Waals surface area contributed by atoms with Crippen molar-refractivity contribution in [3.8, 4) is 0 Å². The van der Waals surface area contributed by atoms with Gasteiger partial charge in [0.1, 0.15) is 0 Å². The van der Waals surface area contributed by atoms with Crippen LogP contribution in [0.1, 0.15) is 26.2 Å². The largest absolute Gasteiger partial charge is 0.317 e. The molecule has 0 radical (unpaired) electrons. The third-order valence-electron chi connectivity index (χ3n) is 2.86. The zero-order valence-corrected chi connectivity index (χ0v) is 11.5. The lowest BCUT2D eigenvalue weighted by atomic mass is 10.1. The highest BCUT2D eigenvalue weighted by Crippen LogP contribution is 2.14. The molecule has 0 saturated heterocycles. The van der Waals surface area contributed by atoms with Crippen LogP contribution in [0, 0.1) is 11.6 Å². The van der Waals surface area contributed by atoms with Gasteiger partial charge in [0.05, 0.1) is 10.8 Å². The molecular weight excluding hydrogens is 256 g/mol. The SMILES string of the molecule is CNC(C)CCCCS(=O)c1ccc(F)c(F)c1. The predicted molar refractivity (Wildman–Crippen MR) is 70.0 cm³/mol. The van der Waals surface area contributed by atoms with E-state index in [-0.39, 0.29) is 0 Å². The summed E-state index contributed by atoms with van der Waals surface area (Å²) in [4.78, 5) is 0.357. The molecule has 0 spiro atoms. The van der Waals surface area contributed by atoms with Gasteiger partial charge in [0.2, 0.25) is 0 Å². The number of hydrogen-bond acceptors (Lipinski definition) is 2. The van der Waals surface area contributed by atoms with Crippen molar-refractivity contribution in [3.05, 3.63) is 29.8 Å². The molecule has 0 aliphatic carbocycles. The molecule has 0 aliphatic heterocycles. The highest BCUT2D eigenvalue weighted by atomic mass is 32.2. The Kier molecular flexibility index (Phi) is 6.43. The van der Waals surface area contributed by atoms with Crippen LogP contribution in [0.25, 0.3) is 0 Å². The maximum atomic E-state index is 13.0. The van der Waals surface area contributed by atoms with Gasteiger partial charge in [-0.05, 0) is 45.0 Å². The molecule has 1 N–H and O–H groups in total. The maximum absolute atomic E-state index is 13.0. The van der Waals surface area contributed by atoms with E-state index in [0.717, 1.165) is 31.4 Å². The first-order valence-corrected chi connectivity index (χ1v) is 7.37. The number of nitrogens with one attached hydrogen (secondary N) is 1. The van der Waals surface area contributed by atoms with Crippen molar-refractivity contribution < 1.29 is 13.0 Å². The van der Waals surface area contributed by atoms with Crippen molar-refractivity contribution in [1.29, 1.82) is 0 Å². The summed E-state index contributed by atoms with van der Waals surface area (Å²) in [5.41, 5.74) is 0. The second-order valence-corrected chi connectivity index (χ2v) is 5.88. The van der Waals surface area contributed by atoms with Crippen LogP contribution in [0.5, 0.6) is 0 Å². The fraction of sp³-hybridized carbons (Fsp3) is 0.538. The van der Waals surface area contributed by atoms with Gasteiger partial charge in [-0.3, -0.25) is 4.21 Å². The van der Waals surface area contributed by atoms with Gasteiger partial charge in [0, 0.05) is 16.7 Å². The van der Waals surface area contributed by atoms with E-state index in [4.69, 9.17) is 0 Å². The summed E-state index contributed by atoms with van der Waals surface area (Å²) in [6.07, 6.45) is 2.81. The van der Waals surface area contributed by atoms with E-state index in [0.29, 0.717) is 16.7 Å². The first kappa shape index (κ1) is 15.2. The van der Waals surface area contributed by atoms with Crippen LogP contribution in [-0.4, -0.2) is 23.1 Å². The molecular formula is C13H19F2NOS. The Labute approximate surface area is 109 Å². The van der Waals surface area contributed by atoms with E-state index in [1.807, 2.05) is 7.05 Å². The van der Waals surface area contributed by atoms with Crippen molar-refractivity contribution in [2.24, 2.45) is 0 Å². The molecule has 0 aliphatic rings. The van der Waals surface area contributed by atoms with Crippen molar-refractivity contribution in [1.82, 2.24) is 5.32 Å². The van der Waals surface area contributed by atoms with E-state index in [2.05, 4.69) is 12.2 Å². The Morgan fingerprint density at radius 3 is 2.61 bits per heavy atom. The van der Waals surface area contributed by atoms with Crippen LogP contribution in [0.15, 0.2) is 23.1 Å². The van der Waals surface area contributed by atoms with Crippen molar-refractivity contribution in [3.63, 3.8) is 0 Å². The van der Waals surface area contributed by atoms with Gasteiger partial charge in [-0.15, -0.1) is 0 Å². The third kappa shape index (κ3) is 4.82. The molecule has 2 nitrogen and oxygen atoms in total. The third-order valence-corrected chi connectivity index (χ3v) is 4.30. The summed E-state index contributed by atoms with van der Waals surface area (Å²) >= 11 is 0. The predicted octanol–water partition coefficient (Wildman–Crippen LogP) is 2.85. The summed E-state index contributed by atoms with van der Waals surface area (Å²) in [6, 6.07) is 3.86. The normalized spacial score (nSPS) is 14.4. The molecule has 1 aromatic carbocycles. The van der Waals surface area contributed by atoms with Crippen LogP contribution in [0.3, 0.4) is 0 Å². The minimum absolute atomic E-state index is 0.357. The van der Waals surface area contributed by atoms with Gasteiger partial charge in [0.15, 0.2) is 11.6 Å². The highest BCUT2D eigenvalue weighted by molar-refractivity contribution is 7.85. The Hall–Kier alpha value is -0.810. The summed E-state index contributed by atoms with van der Waals surface area (Å²) < 4.78 is 37.5. The number of rotatable bonds is 7. The minimum Gasteiger partial charge on any atom is -0.317 e.